The Morgan fingerprint density at radius 3 is 1.46 bits per heavy atom. The van der Waals surface area contributed by atoms with Crippen molar-refractivity contribution in [1.29, 1.82) is 0 Å². The molecule has 1 fully saturated rings. The third-order valence-electron chi connectivity index (χ3n) is 2.74. The summed E-state index contributed by atoms with van der Waals surface area (Å²) >= 11 is 0. The van der Waals surface area contributed by atoms with E-state index in [9.17, 15) is 15.3 Å². The molecule has 13 heavy (non-hydrogen) atoms. The predicted molar refractivity (Wildman–Crippen MR) is 43.8 cm³/mol. The Kier molecular flexibility index (Phi) is 3.63. The largest absolute Gasteiger partial charge is 0.396 e. The Balaban J connectivity index is 2.66. The van der Waals surface area contributed by atoms with Gasteiger partial charge in [0.25, 0.3) is 0 Å². The van der Waals surface area contributed by atoms with Crippen molar-refractivity contribution in [2.75, 3.05) is 13.2 Å². The normalized spacial score (nSPS) is 46.4. The fourth-order valence-electron chi connectivity index (χ4n) is 1.79. The molecule has 1 aliphatic rings. The smallest absolute Gasteiger partial charge is 0.106 e. The second-order valence-electron chi connectivity index (χ2n) is 3.59. The first kappa shape index (κ1) is 10.9. The summed E-state index contributed by atoms with van der Waals surface area (Å²) in [5, 5.41) is 45.8. The molecule has 5 heteroatoms. The molecule has 5 atom stereocenters. The van der Waals surface area contributed by atoms with E-state index in [1.165, 1.54) is 0 Å². The second kappa shape index (κ2) is 4.34. The zero-order valence-electron chi connectivity index (χ0n) is 7.24. The molecule has 0 heterocycles. The lowest BCUT2D eigenvalue weighted by molar-refractivity contribution is -0.148. The lowest BCUT2D eigenvalue weighted by Gasteiger charge is -2.39. The SMILES string of the molecule is OC[C@@H]1C[C@H](CO)[C@@H](O)C(O)[C@H]1O. The van der Waals surface area contributed by atoms with Gasteiger partial charge in [-0.15, -0.1) is 0 Å². The number of aliphatic hydroxyl groups is 5. The van der Waals surface area contributed by atoms with Gasteiger partial charge < -0.3 is 25.5 Å². The quantitative estimate of drug-likeness (QED) is 0.338. The van der Waals surface area contributed by atoms with Gasteiger partial charge in [-0.1, -0.05) is 0 Å². The van der Waals surface area contributed by atoms with Gasteiger partial charge in [-0.05, 0) is 6.42 Å². The van der Waals surface area contributed by atoms with E-state index in [1.807, 2.05) is 0 Å². The molecule has 0 aromatic carbocycles. The van der Waals surface area contributed by atoms with Crippen LogP contribution >= 0.6 is 0 Å². The first-order chi connectivity index (χ1) is 6.11. The van der Waals surface area contributed by atoms with Crippen molar-refractivity contribution in [2.45, 2.75) is 24.7 Å². The average molecular weight is 192 g/mol. The summed E-state index contributed by atoms with van der Waals surface area (Å²) in [6, 6.07) is 0. The molecule has 0 aromatic rings. The van der Waals surface area contributed by atoms with Gasteiger partial charge in [0.05, 0.1) is 12.2 Å². The summed E-state index contributed by atoms with van der Waals surface area (Å²) in [4.78, 5) is 0. The summed E-state index contributed by atoms with van der Waals surface area (Å²) in [6.45, 7) is -0.497. The summed E-state index contributed by atoms with van der Waals surface area (Å²) < 4.78 is 0. The Morgan fingerprint density at radius 2 is 1.15 bits per heavy atom. The lowest BCUT2D eigenvalue weighted by atomic mass is 9.76. The van der Waals surface area contributed by atoms with Crippen LogP contribution in [0, 0.1) is 11.8 Å². The maximum atomic E-state index is 9.37. The molecule has 78 valence electrons. The monoisotopic (exact) mass is 192 g/mol. The third kappa shape index (κ3) is 2.00. The zero-order chi connectivity index (χ0) is 10.0. The number of rotatable bonds is 2. The lowest BCUT2D eigenvalue weighted by Crippen LogP contribution is -2.52. The average Bonchev–Trinajstić information content (AvgIpc) is 2.15. The van der Waals surface area contributed by atoms with Crippen LogP contribution in [0.2, 0.25) is 0 Å². The van der Waals surface area contributed by atoms with Crippen LogP contribution in [0.25, 0.3) is 0 Å². The highest BCUT2D eigenvalue weighted by atomic mass is 16.4. The van der Waals surface area contributed by atoms with Crippen LogP contribution in [0.4, 0.5) is 0 Å². The molecular weight excluding hydrogens is 176 g/mol. The molecule has 0 aromatic heterocycles. The minimum atomic E-state index is -1.27. The second-order valence-corrected chi connectivity index (χ2v) is 3.59. The minimum Gasteiger partial charge on any atom is -0.396 e. The van der Waals surface area contributed by atoms with E-state index >= 15 is 0 Å². The highest BCUT2D eigenvalue weighted by Crippen LogP contribution is 2.29. The van der Waals surface area contributed by atoms with Gasteiger partial charge >= 0.3 is 0 Å². The van der Waals surface area contributed by atoms with Gasteiger partial charge in [-0.25, -0.2) is 0 Å². The molecule has 1 saturated carbocycles. The maximum absolute atomic E-state index is 9.37. The van der Waals surface area contributed by atoms with Crippen LogP contribution in [0.1, 0.15) is 6.42 Å². The molecule has 0 amide bonds. The zero-order valence-corrected chi connectivity index (χ0v) is 7.24. The van der Waals surface area contributed by atoms with Crippen molar-refractivity contribution in [3.05, 3.63) is 0 Å². The van der Waals surface area contributed by atoms with Crippen LogP contribution < -0.4 is 0 Å². The third-order valence-corrected chi connectivity index (χ3v) is 2.74. The summed E-state index contributed by atoms with van der Waals surface area (Å²) in [6.07, 6.45) is -3.17. The molecule has 1 unspecified atom stereocenters. The first-order valence-corrected chi connectivity index (χ1v) is 4.37. The summed E-state index contributed by atoms with van der Waals surface area (Å²) in [5.74, 6) is -0.925. The fourth-order valence-corrected chi connectivity index (χ4v) is 1.79. The van der Waals surface area contributed by atoms with Crippen LogP contribution in [0.3, 0.4) is 0 Å². The number of aliphatic hydroxyl groups excluding tert-OH is 5. The van der Waals surface area contributed by atoms with Crippen molar-refractivity contribution < 1.29 is 25.5 Å². The molecule has 5 nitrogen and oxygen atoms in total. The Hall–Kier alpha value is -0.200. The predicted octanol–water partition coefficient (Wildman–Crippen LogP) is -2.31. The van der Waals surface area contributed by atoms with Crippen LogP contribution in [-0.2, 0) is 0 Å². The Morgan fingerprint density at radius 1 is 0.769 bits per heavy atom. The first-order valence-electron chi connectivity index (χ1n) is 4.37. The standard InChI is InChI=1S/C8H16O5/c9-2-4-1-5(3-10)7(12)8(13)6(4)11/h4-13H,1-3H2/t4-,5+,6-,7+,8?. The summed E-state index contributed by atoms with van der Waals surface area (Å²) in [5.41, 5.74) is 0. The molecular formula is C8H16O5. The Labute approximate surface area is 76.3 Å². The van der Waals surface area contributed by atoms with E-state index in [4.69, 9.17) is 10.2 Å². The van der Waals surface area contributed by atoms with E-state index in [0.29, 0.717) is 6.42 Å². The number of hydrogen-bond acceptors (Lipinski definition) is 5. The molecule has 5 N–H and O–H groups in total. The molecule has 0 radical (unpaired) electrons. The molecule has 0 spiro atoms. The van der Waals surface area contributed by atoms with Gasteiger partial charge in [0.2, 0.25) is 0 Å². The highest BCUT2D eigenvalue weighted by molar-refractivity contribution is 4.91. The van der Waals surface area contributed by atoms with Crippen molar-refractivity contribution in [3.8, 4) is 0 Å². The topological polar surface area (TPSA) is 101 Å². The van der Waals surface area contributed by atoms with E-state index in [2.05, 4.69) is 0 Å². The van der Waals surface area contributed by atoms with E-state index in [1.54, 1.807) is 0 Å². The van der Waals surface area contributed by atoms with Crippen molar-refractivity contribution >= 4 is 0 Å². The summed E-state index contributed by atoms with van der Waals surface area (Å²) in [7, 11) is 0. The van der Waals surface area contributed by atoms with E-state index < -0.39 is 30.1 Å². The van der Waals surface area contributed by atoms with Crippen LogP contribution in [0.5, 0.6) is 0 Å². The number of hydrogen-bond donors (Lipinski definition) is 5. The molecule has 0 bridgehead atoms. The van der Waals surface area contributed by atoms with Crippen LogP contribution in [0.15, 0.2) is 0 Å². The molecule has 0 aliphatic heterocycles. The van der Waals surface area contributed by atoms with Gasteiger partial charge in [0.1, 0.15) is 6.10 Å². The minimum absolute atomic E-state index is 0.249. The van der Waals surface area contributed by atoms with Crippen molar-refractivity contribution in [3.63, 3.8) is 0 Å². The highest BCUT2D eigenvalue weighted by Gasteiger charge is 2.41. The van der Waals surface area contributed by atoms with Gasteiger partial charge in [-0.2, -0.15) is 0 Å². The van der Waals surface area contributed by atoms with Crippen molar-refractivity contribution in [2.24, 2.45) is 11.8 Å². The van der Waals surface area contributed by atoms with Gasteiger partial charge in [-0.3, -0.25) is 0 Å². The Bertz CT molecular complexity index is 143. The molecule has 1 rings (SSSR count). The van der Waals surface area contributed by atoms with Crippen LogP contribution in [-0.4, -0.2) is 57.1 Å². The van der Waals surface area contributed by atoms with Gasteiger partial charge in [0, 0.05) is 25.0 Å². The fraction of sp³-hybridized carbons (Fsp3) is 1.00. The van der Waals surface area contributed by atoms with E-state index in [-0.39, 0.29) is 13.2 Å². The molecule has 1 aliphatic carbocycles. The van der Waals surface area contributed by atoms with Gasteiger partial charge in [0.15, 0.2) is 0 Å². The maximum Gasteiger partial charge on any atom is 0.106 e. The molecule has 0 saturated heterocycles. The van der Waals surface area contributed by atoms with Crippen molar-refractivity contribution in [1.82, 2.24) is 0 Å². The van der Waals surface area contributed by atoms with E-state index in [0.717, 1.165) is 0 Å².